The second kappa shape index (κ2) is 6.15. The molecular formula is C17H16N2O2S. The van der Waals surface area contributed by atoms with Crippen LogP contribution in [0, 0.1) is 0 Å². The van der Waals surface area contributed by atoms with Crippen LogP contribution in [0.5, 0.6) is 5.75 Å². The molecule has 0 radical (unpaired) electrons. The van der Waals surface area contributed by atoms with Crippen LogP contribution < -0.4 is 4.74 Å². The summed E-state index contributed by atoms with van der Waals surface area (Å²) >= 11 is 1.50. The summed E-state index contributed by atoms with van der Waals surface area (Å²) < 4.78 is 7.23. The van der Waals surface area contributed by atoms with E-state index in [0.717, 1.165) is 34.8 Å². The van der Waals surface area contributed by atoms with Crippen molar-refractivity contribution in [3.8, 4) is 22.1 Å². The Morgan fingerprint density at radius 2 is 2.23 bits per heavy atom. The number of hydrogen-bond acceptors (Lipinski definition) is 4. The number of nitrogens with zero attached hydrogens (tertiary/aromatic N) is 2. The first-order chi connectivity index (χ1) is 10.8. The van der Waals surface area contributed by atoms with Crippen LogP contribution in [0.4, 0.5) is 0 Å². The predicted molar refractivity (Wildman–Crippen MR) is 88.2 cm³/mol. The highest BCUT2D eigenvalue weighted by Gasteiger charge is 2.13. The average molecular weight is 312 g/mol. The van der Waals surface area contributed by atoms with Crippen LogP contribution in [0.25, 0.3) is 16.4 Å². The van der Waals surface area contributed by atoms with Crippen molar-refractivity contribution >= 4 is 17.6 Å². The van der Waals surface area contributed by atoms with E-state index in [1.165, 1.54) is 16.9 Å². The monoisotopic (exact) mass is 312 g/mol. The van der Waals surface area contributed by atoms with Gasteiger partial charge in [0, 0.05) is 17.1 Å². The number of aromatic nitrogens is 2. The van der Waals surface area contributed by atoms with Crippen molar-refractivity contribution in [3.05, 3.63) is 53.2 Å². The first-order valence-corrected chi connectivity index (χ1v) is 7.90. The smallest absolute Gasteiger partial charge is 0.194 e. The second-order valence-corrected chi connectivity index (χ2v) is 5.66. The maximum atomic E-state index is 11.1. The number of carbonyl (C=O) groups excluding carboxylic acids is 1. The molecule has 22 heavy (non-hydrogen) atoms. The largest absolute Gasteiger partial charge is 0.496 e. The van der Waals surface area contributed by atoms with E-state index in [2.05, 4.69) is 24.0 Å². The lowest BCUT2D eigenvalue weighted by molar-refractivity contribution is 0.111. The van der Waals surface area contributed by atoms with Gasteiger partial charge in [0.15, 0.2) is 11.4 Å². The van der Waals surface area contributed by atoms with Gasteiger partial charge in [0.25, 0.3) is 0 Å². The van der Waals surface area contributed by atoms with Gasteiger partial charge < -0.3 is 4.74 Å². The molecule has 0 amide bonds. The molecule has 0 unspecified atom stereocenters. The molecule has 4 nitrogen and oxygen atoms in total. The zero-order valence-electron chi connectivity index (χ0n) is 12.4. The molecule has 0 N–H and O–H groups in total. The SMILES string of the molecule is CCc1ccc(OC)c(-c2csc(-n3cccc3C=O)n2)c1. The Morgan fingerprint density at radius 1 is 1.36 bits per heavy atom. The summed E-state index contributed by atoms with van der Waals surface area (Å²) in [5.74, 6) is 0.803. The van der Waals surface area contributed by atoms with Crippen LogP contribution in [-0.2, 0) is 6.42 Å². The summed E-state index contributed by atoms with van der Waals surface area (Å²) in [5, 5.41) is 2.76. The first kappa shape index (κ1) is 14.5. The van der Waals surface area contributed by atoms with E-state index in [1.54, 1.807) is 17.7 Å². The molecule has 0 bridgehead atoms. The fourth-order valence-corrected chi connectivity index (χ4v) is 3.17. The van der Waals surface area contributed by atoms with Gasteiger partial charge in [-0.15, -0.1) is 11.3 Å². The van der Waals surface area contributed by atoms with E-state index in [4.69, 9.17) is 4.74 Å². The Bertz CT molecular complexity index is 805. The lowest BCUT2D eigenvalue weighted by atomic mass is 10.1. The molecule has 0 saturated carbocycles. The maximum absolute atomic E-state index is 11.1. The Balaban J connectivity index is 2.06. The number of thiazole rings is 1. The summed E-state index contributed by atoms with van der Waals surface area (Å²) in [6.07, 6.45) is 3.63. The topological polar surface area (TPSA) is 44.1 Å². The summed E-state index contributed by atoms with van der Waals surface area (Å²) in [5.41, 5.74) is 3.66. The van der Waals surface area contributed by atoms with Crippen LogP contribution >= 0.6 is 11.3 Å². The van der Waals surface area contributed by atoms with Crippen molar-refractivity contribution in [2.45, 2.75) is 13.3 Å². The van der Waals surface area contributed by atoms with Gasteiger partial charge >= 0.3 is 0 Å². The predicted octanol–water partition coefficient (Wildman–Crippen LogP) is 3.98. The highest BCUT2D eigenvalue weighted by Crippen LogP contribution is 2.33. The summed E-state index contributed by atoms with van der Waals surface area (Å²) in [6, 6.07) is 9.75. The Labute approximate surface area is 133 Å². The van der Waals surface area contributed by atoms with Crippen molar-refractivity contribution < 1.29 is 9.53 Å². The fourth-order valence-electron chi connectivity index (χ4n) is 2.34. The Hall–Kier alpha value is -2.40. The van der Waals surface area contributed by atoms with Gasteiger partial charge in [0.1, 0.15) is 5.75 Å². The molecular weight excluding hydrogens is 296 g/mol. The van der Waals surface area contributed by atoms with Crippen LogP contribution in [0.3, 0.4) is 0 Å². The van der Waals surface area contributed by atoms with Crippen LogP contribution in [0.2, 0.25) is 0 Å². The molecule has 0 fully saturated rings. The molecule has 0 aliphatic rings. The number of carbonyl (C=O) groups is 1. The molecule has 3 rings (SSSR count). The van der Waals surface area contributed by atoms with Gasteiger partial charge in [-0.2, -0.15) is 0 Å². The minimum Gasteiger partial charge on any atom is -0.496 e. The number of benzene rings is 1. The molecule has 2 aromatic heterocycles. The van der Waals surface area contributed by atoms with Gasteiger partial charge in [-0.3, -0.25) is 9.36 Å². The number of hydrogen-bond donors (Lipinski definition) is 0. The quantitative estimate of drug-likeness (QED) is 0.669. The molecule has 5 heteroatoms. The molecule has 1 aromatic carbocycles. The molecule has 3 aromatic rings. The van der Waals surface area contributed by atoms with Crippen LogP contribution in [0.15, 0.2) is 41.9 Å². The van der Waals surface area contributed by atoms with Gasteiger partial charge in [0.05, 0.1) is 18.5 Å². The number of aryl methyl sites for hydroxylation is 1. The van der Waals surface area contributed by atoms with Crippen molar-refractivity contribution in [1.82, 2.24) is 9.55 Å². The molecule has 0 spiro atoms. The first-order valence-electron chi connectivity index (χ1n) is 7.02. The normalized spacial score (nSPS) is 10.6. The summed E-state index contributed by atoms with van der Waals surface area (Å²) in [4.78, 5) is 15.7. The molecule has 0 aliphatic carbocycles. The third-order valence-electron chi connectivity index (χ3n) is 3.55. The van der Waals surface area contributed by atoms with Gasteiger partial charge in [0.2, 0.25) is 0 Å². The number of methoxy groups -OCH3 is 1. The molecule has 2 heterocycles. The zero-order valence-corrected chi connectivity index (χ0v) is 13.3. The molecule has 112 valence electrons. The highest BCUT2D eigenvalue weighted by molar-refractivity contribution is 7.12. The minimum atomic E-state index is 0.593. The summed E-state index contributed by atoms with van der Waals surface area (Å²) in [7, 11) is 1.66. The Kier molecular flexibility index (Phi) is 4.06. The van der Waals surface area contributed by atoms with E-state index in [1.807, 2.05) is 23.7 Å². The van der Waals surface area contributed by atoms with Crippen molar-refractivity contribution in [2.24, 2.45) is 0 Å². The Morgan fingerprint density at radius 3 is 2.95 bits per heavy atom. The van der Waals surface area contributed by atoms with E-state index >= 15 is 0 Å². The van der Waals surface area contributed by atoms with Crippen molar-refractivity contribution in [3.63, 3.8) is 0 Å². The maximum Gasteiger partial charge on any atom is 0.194 e. The number of rotatable bonds is 5. The standard InChI is InChI=1S/C17H16N2O2S/c1-3-12-6-7-16(21-2)14(9-12)15-11-22-17(18-15)19-8-4-5-13(19)10-20/h4-11H,3H2,1-2H3. The number of aldehydes is 1. The van der Waals surface area contributed by atoms with Crippen molar-refractivity contribution in [2.75, 3.05) is 7.11 Å². The zero-order chi connectivity index (χ0) is 15.5. The highest BCUT2D eigenvalue weighted by atomic mass is 32.1. The fraction of sp³-hybridized carbons (Fsp3) is 0.176. The minimum absolute atomic E-state index is 0.593. The lowest BCUT2D eigenvalue weighted by Gasteiger charge is -2.08. The molecule has 0 atom stereocenters. The second-order valence-electron chi connectivity index (χ2n) is 4.82. The molecule has 0 saturated heterocycles. The van der Waals surface area contributed by atoms with E-state index in [-0.39, 0.29) is 0 Å². The van der Waals surface area contributed by atoms with Gasteiger partial charge in [-0.05, 0) is 36.2 Å². The summed E-state index contributed by atoms with van der Waals surface area (Å²) in [6.45, 7) is 2.12. The van der Waals surface area contributed by atoms with Crippen molar-refractivity contribution in [1.29, 1.82) is 0 Å². The van der Waals surface area contributed by atoms with Crippen LogP contribution in [-0.4, -0.2) is 22.9 Å². The lowest BCUT2D eigenvalue weighted by Crippen LogP contribution is -1.97. The van der Waals surface area contributed by atoms with E-state index in [9.17, 15) is 4.79 Å². The van der Waals surface area contributed by atoms with Crippen LogP contribution in [0.1, 0.15) is 23.0 Å². The third kappa shape index (κ3) is 2.55. The molecule has 0 aliphatic heterocycles. The van der Waals surface area contributed by atoms with E-state index in [0.29, 0.717) is 5.69 Å². The average Bonchev–Trinajstić information content (AvgIpc) is 3.22. The van der Waals surface area contributed by atoms with Gasteiger partial charge in [-0.1, -0.05) is 13.0 Å². The number of ether oxygens (including phenoxy) is 1. The third-order valence-corrected chi connectivity index (χ3v) is 4.39. The van der Waals surface area contributed by atoms with Gasteiger partial charge in [-0.25, -0.2) is 4.98 Å². The van der Waals surface area contributed by atoms with E-state index < -0.39 is 0 Å².